The van der Waals surface area contributed by atoms with Crippen molar-refractivity contribution >= 4 is 32.5 Å². The zero-order valence-corrected chi connectivity index (χ0v) is 9.39. The van der Waals surface area contributed by atoms with Gasteiger partial charge in [0, 0.05) is 11.6 Å². The van der Waals surface area contributed by atoms with Gasteiger partial charge >= 0.3 is 0 Å². The largest absolute Gasteiger partial charge is 0.255 e. The molecule has 84 valence electrons. The second-order valence-electron chi connectivity index (χ2n) is 3.11. The third-order valence-corrected chi connectivity index (χ3v) is 3.34. The van der Waals surface area contributed by atoms with Gasteiger partial charge in [-0.2, -0.15) is 0 Å². The van der Waals surface area contributed by atoms with Crippen LogP contribution in [0.2, 0.25) is 5.02 Å². The number of aromatic nitrogens is 1. The van der Waals surface area contributed by atoms with Crippen molar-refractivity contribution in [3.8, 4) is 0 Å². The fourth-order valence-electron chi connectivity index (χ4n) is 1.41. The van der Waals surface area contributed by atoms with Gasteiger partial charge in [0.05, 0.1) is 10.5 Å². The SMILES string of the molecule is NS(=O)(=O)c1c(F)ccc2c(Cl)ccnc12. The summed E-state index contributed by atoms with van der Waals surface area (Å²) < 4.78 is 35.9. The highest BCUT2D eigenvalue weighted by Gasteiger charge is 2.20. The van der Waals surface area contributed by atoms with Crippen LogP contribution < -0.4 is 5.14 Å². The van der Waals surface area contributed by atoms with Gasteiger partial charge in [-0.25, -0.2) is 17.9 Å². The van der Waals surface area contributed by atoms with E-state index in [2.05, 4.69) is 4.98 Å². The van der Waals surface area contributed by atoms with Crippen molar-refractivity contribution in [1.29, 1.82) is 0 Å². The Bertz CT molecular complexity index is 673. The van der Waals surface area contributed by atoms with Crippen molar-refractivity contribution < 1.29 is 12.8 Å². The number of sulfonamides is 1. The number of benzene rings is 1. The third kappa shape index (κ3) is 1.75. The van der Waals surface area contributed by atoms with E-state index in [1.807, 2.05) is 0 Å². The van der Waals surface area contributed by atoms with Crippen molar-refractivity contribution in [3.05, 3.63) is 35.2 Å². The van der Waals surface area contributed by atoms with E-state index in [0.717, 1.165) is 6.07 Å². The van der Waals surface area contributed by atoms with E-state index in [9.17, 15) is 12.8 Å². The Hall–Kier alpha value is -1.24. The molecule has 0 unspecified atom stereocenters. The average Bonchev–Trinajstić information content (AvgIpc) is 2.15. The molecule has 2 aromatic rings. The number of nitrogens with zero attached hydrogens (tertiary/aromatic N) is 1. The van der Waals surface area contributed by atoms with E-state index in [1.54, 1.807) is 0 Å². The molecule has 0 aliphatic heterocycles. The standard InChI is InChI=1S/C9H6ClFN2O2S/c10-6-3-4-13-8-5(6)1-2-7(11)9(8)16(12,14)15/h1-4H,(H2,12,14,15). The number of fused-ring (bicyclic) bond motifs is 1. The Kier molecular flexibility index (Phi) is 2.57. The van der Waals surface area contributed by atoms with Crippen LogP contribution in [0.1, 0.15) is 0 Å². The van der Waals surface area contributed by atoms with Crippen LogP contribution in [0.3, 0.4) is 0 Å². The second-order valence-corrected chi connectivity index (χ2v) is 5.02. The molecule has 2 rings (SSSR count). The first-order valence-electron chi connectivity index (χ1n) is 4.17. The lowest BCUT2D eigenvalue weighted by molar-refractivity contribution is 0.571. The number of hydrogen-bond donors (Lipinski definition) is 1. The molecule has 1 aromatic heterocycles. The van der Waals surface area contributed by atoms with Gasteiger partial charge in [-0.3, -0.25) is 4.98 Å². The molecule has 0 fully saturated rings. The highest BCUT2D eigenvalue weighted by molar-refractivity contribution is 7.89. The summed E-state index contributed by atoms with van der Waals surface area (Å²) in [5.41, 5.74) is -0.0602. The summed E-state index contributed by atoms with van der Waals surface area (Å²) in [6.45, 7) is 0. The molecule has 0 spiro atoms. The van der Waals surface area contributed by atoms with Gasteiger partial charge in [0.1, 0.15) is 10.7 Å². The topological polar surface area (TPSA) is 73.1 Å². The van der Waals surface area contributed by atoms with E-state index in [-0.39, 0.29) is 10.5 Å². The molecule has 2 N–H and O–H groups in total. The van der Waals surface area contributed by atoms with Crippen LogP contribution in [0.15, 0.2) is 29.3 Å². The minimum Gasteiger partial charge on any atom is -0.255 e. The summed E-state index contributed by atoms with van der Waals surface area (Å²) in [7, 11) is -4.17. The molecular formula is C9H6ClFN2O2S. The first-order valence-corrected chi connectivity index (χ1v) is 6.09. The number of nitrogens with two attached hydrogens (primary N) is 1. The minimum atomic E-state index is -4.17. The van der Waals surface area contributed by atoms with Crippen molar-refractivity contribution in [2.75, 3.05) is 0 Å². The lowest BCUT2D eigenvalue weighted by atomic mass is 10.2. The third-order valence-electron chi connectivity index (χ3n) is 2.05. The zero-order valence-electron chi connectivity index (χ0n) is 7.81. The normalized spacial score (nSPS) is 11.9. The summed E-state index contributed by atoms with van der Waals surface area (Å²) in [4.78, 5) is 3.15. The van der Waals surface area contributed by atoms with Crippen molar-refractivity contribution in [2.45, 2.75) is 4.90 Å². The van der Waals surface area contributed by atoms with Gasteiger partial charge in [-0.05, 0) is 18.2 Å². The Morgan fingerprint density at radius 1 is 1.31 bits per heavy atom. The van der Waals surface area contributed by atoms with E-state index in [0.29, 0.717) is 5.39 Å². The van der Waals surface area contributed by atoms with Gasteiger partial charge in [0.15, 0.2) is 0 Å². The van der Waals surface area contributed by atoms with Crippen molar-refractivity contribution in [2.24, 2.45) is 5.14 Å². The van der Waals surface area contributed by atoms with E-state index >= 15 is 0 Å². The lowest BCUT2D eigenvalue weighted by Crippen LogP contribution is -2.15. The first kappa shape index (κ1) is 11.3. The molecule has 4 nitrogen and oxygen atoms in total. The molecule has 0 bridgehead atoms. The predicted octanol–water partition coefficient (Wildman–Crippen LogP) is 1.67. The molecule has 0 atom stereocenters. The van der Waals surface area contributed by atoms with Gasteiger partial charge < -0.3 is 0 Å². The summed E-state index contributed by atoms with van der Waals surface area (Å²) >= 11 is 5.83. The van der Waals surface area contributed by atoms with Crippen LogP contribution in [-0.2, 0) is 10.0 Å². The molecular weight excluding hydrogens is 255 g/mol. The maximum atomic E-state index is 13.4. The number of primary sulfonamides is 1. The number of hydrogen-bond acceptors (Lipinski definition) is 3. The van der Waals surface area contributed by atoms with Crippen LogP contribution in [0.5, 0.6) is 0 Å². The van der Waals surface area contributed by atoms with E-state index in [4.69, 9.17) is 16.7 Å². The number of pyridine rings is 1. The van der Waals surface area contributed by atoms with Crippen LogP contribution in [0.4, 0.5) is 4.39 Å². The Balaban J connectivity index is 3.03. The van der Waals surface area contributed by atoms with Gasteiger partial charge in [-0.1, -0.05) is 11.6 Å². The molecule has 0 aliphatic carbocycles. The Morgan fingerprint density at radius 3 is 2.62 bits per heavy atom. The predicted molar refractivity (Wildman–Crippen MR) is 58.1 cm³/mol. The minimum absolute atomic E-state index is 0.0602. The van der Waals surface area contributed by atoms with Crippen LogP contribution in [0.25, 0.3) is 10.9 Å². The quantitative estimate of drug-likeness (QED) is 0.848. The van der Waals surface area contributed by atoms with Gasteiger partial charge in [0.25, 0.3) is 0 Å². The lowest BCUT2D eigenvalue weighted by Gasteiger charge is -2.05. The molecule has 0 saturated heterocycles. The molecule has 0 radical (unpaired) electrons. The maximum absolute atomic E-state index is 13.4. The van der Waals surface area contributed by atoms with Gasteiger partial charge in [-0.15, -0.1) is 0 Å². The monoisotopic (exact) mass is 260 g/mol. The molecule has 0 aliphatic rings. The summed E-state index contributed by atoms with van der Waals surface area (Å²) in [5, 5.41) is 5.55. The van der Waals surface area contributed by atoms with Crippen molar-refractivity contribution in [3.63, 3.8) is 0 Å². The Labute approximate surface area is 95.9 Å². The van der Waals surface area contributed by atoms with E-state index < -0.39 is 20.7 Å². The van der Waals surface area contributed by atoms with E-state index in [1.165, 1.54) is 18.3 Å². The Morgan fingerprint density at radius 2 is 2.00 bits per heavy atom. The van der Waals surface area contributed by atoms with Crippen LogP contribution in [-0.4, -0.2) is 13.4 Å². The molecule has 1 aromatic carbocycles. The first-order chi connectivity index (χ1) is 7.41. The fraction of sp³-hybridized carbons (Fsp3) is 0. The molecule has 0 amide bonds. The van der Waals surface area contributed by atoms with Gasteiger partial charge in [0.2, 0.25) is 10.0 Å². The fourth-order valence-corrected chi connectivity index (χ4v) is 2.39. The number of rotatable bonds is 1. The van der Waals surface area contributed by atoms with Crippen molar-refractivity contribution in [1.82, 2.24) is 4.98 Å². The molecule has 7 heteroatoms. The zero-order chi connectivity index (χ0) is 11.9. The average molecular weight is 261 g/mol. The van der Waals surface area contributed by atoms with Crippen LogP contribution >= 0.6 is 11.6 Å². The number of halogens is 2. The van der Waals surface area contributed by atoms with Crippen LogP contribution in [0, 0.1) is 5.82 Å². The highest BCUT2D eigenvalue weighted by atomic mass is 35.5. The molecule has 0 saturated carbocycles. The highest BCUT2D eigenvalue weighted by Crippen LogP contribution is 2.27. The maximum Gasteiger partial charge on any atom is 0.243 e. The smallest absolute Gasteiger partial charge is 0.243 e. The summed E-state index contributed by atoms with van der Waals surface area (Å²) in [5.74, 6) is -0.940. The molecule has 1 heterocycles. The second kappa shape index (κ2) is 3.65. The summed E-state index contributed by atoms with van der Waals surface area (Å²) in [6.07, 6.45) is 1.29. The molecule has 16 heavy (non-hydrogen) atoms. The summed E-state index contributed by atoms with van der Waals surface area (Å²) in [6, 6.07) is 3.83.